The van der Waals surface area contributed by atoms with Crippen LogP contribution >= 0.6 is 11.8 Å². The van der Waals surface area contributed by atoms with Crippen molar-refractivity contribution in [2.24, 2.45) is 0 Å². The van der Waals surface area contributed by atoms with Crippen LogP contribution in [0.2, 0.25) is 0 Å². The van der Waals surface area contributed by atoms with E-state index in [1.807, 2.05) is 24.3 Å². The van der Waals surface area contributed by atoms with E-state index in [0.29, 0.717) is 5.22 Å². The normalized spacial score (nSPS) is 11.7. The third-order valence-corrected chi connectivity index (χ3v) is 3.32. The average Bonchev–Trinajstić information content (AvgIpc) is 2.68. The second kappa shape index (κ2) is 4.41. The number of carbonyl (C=O) groups excluding carboxylic acids is 1. The fraction of sp³-hybridized carbons (Fsp3) is 0.333. The predicted octanol–water partition coefficient (Wildman–Crippen LogP) is 2.87. The highest BCUT2D eigenvalue weighted by Crippen LogP contribution is 2.34. The fourth-order valence-electron chi connectivity index (χ4n) is 1.40. The van der Waals surface area contributed by atoms with Gasteiger partial charge >= 0.3 is 5.97 Å². The van der Waals surface area contributed by atoms with Gasteiger partial charge in [-0.3, -0.25) is 4.79 Å². The Morgan fingerprint density at radius 3 is 2.76 bits per heavy atom. The van der Waals surface area contributed by atoms with Gasteiger partial charge in [0.05, 0.1) is 7.11 Å². The lowest BCUT2D eigenvalue weighted by Gasteiger charge is -2.17. The molecule has 2 rings (SSSR count). The third-order valence-electron chi connectivity index (χ3n) is 2.29. The van der Waals surface area contributed by atoms with E-state index in [9.17, 15) is 4.79 Å². The maximum atomic E-state index is 11.5. The number of ether oxygens (including phenoxy) is 1. The molecule has 0 aliphatic carbocycles. The van der Waals surface area contributed by atoms with E-state index in [-0.39, 0.29) is 5.97 Å². The van der Waals surface area contributed by atoms with Crippen molar-refractivity contribution >= 4 is 28.8 Å². The molecule has 90 valence electrons. The second-order valence-electron chi connectivity index (χ2n) is 4.05. The van der Waals surface area contributed by atoms with Crippen LogP contribution in [0.25, 0.3) is 11.1 Å². The van der Waals surface area contributed by atoms with E-state index < -0.39 is 4.75 Å². The van der Waals surface area contributed by atoms with Gasteiger partial charge in [0.25, 0.3) is 5.22 Å². The zero-order valence-corrected chi connectivity index (χ0v) is 10.7. The highest BCUT2D eigenvalue weighted by atomic mass is 32.2. The number of fused-ring (bicyclic) bond motifs is 1. The van der Waals surface area contributed by atoms with Crippen LogP contribution in [0.1, 0.15) is 13.8 Å². The van der Waals surface area contributed by atoms with Crippen molar-refractivity contribution in [3.8, 4) is 0 Å². The van der Waals surface area contributed by atoms with Gasteiger partial charge in [-0.05, 0) is 37.7 Å². The van der Waals surface area contributed by atoms with Gasteiger partial charge in [0.2, 0.25) is 0 Å². The number of carbonyl (C=O) groups is 1. The smallest absolute Gasteiger partial charge is 0.321 e. The van der Waals surface area contributed by atoms with Crippen LogP contribution in [-0.2, 0) is 9.53 Å². The standard InChI is InChI=1S/C12H13NO3S/c1-12(2,10(14)15-3)17-11-13-8-6-4-5-7-9(8)16-11/h4-7H,1-3H3. The highest BCUT2D eigenvalue weighted by molar-refractivity contribution is 8.01. The first-order chi connectivity index (χ1) is 8.03. The molecular weight excluding hydrogens is 238 g/mol. The summed E-state index contributed by atoms with van der Waals surface area (Å²) < 4.78 is 9.56. The maximum Gasteiger partial charge on any atom is 0.321 e. The predicted molar refractivity (Wildman–Crippen MR) is 66.0 cm³/mol. The van der Waals surface area contributed by atoms with E-state index in [4.69, 9.17) is 9.15 Å². The summed E-state index contributed by atoms with van der Waals surface area (Å²) in [6.45, 7) is 3.55. The van der Waals surface area contributed by atoms with Gasteiger partial charge in [-0.2, -0.15) is 0 Å². The lowest BCUT2D eigenvalue weighted by atomic mass is 10.2. The molecule has 5 heteroatoms. The largest absolute Gasteiger partial charge is 0.468 e. The zero-order chi connectivity index (χ0) is 12.5. The van der Waals surface area contributed by atoms with Crippen molar-refractivity contribution in [3.05, 3.63) is 24.3 Å². The summed E-state index contributed by atoms with van der Waals surface area (Å²) >= 11 is 1.25. The Morgan fingerprint density at radius 1 is 1.41 bits per heavy atom. The molecule has 0 fully saturated rings. The summed E-state index contributed by atoms with van der Waals surface area (Å²) in [6, 6.07) is 7.49. The topological polar surface area (TPSA) is 52.3 Å². The summed E-state index contributed by atoms with van der Waals surface area (Å²) in [7, 11) is 1.37. The van der Waals surface area contributed by atoms with Gasteiger partial charge in [-0.15, -0.1) is 0 Å². The number of methoxy groups -OCH3 is 1. The van der Waals surface area contributed by atoms with Gasteiger partial charge in [0, 0.05) is 0 Å². The molecule has 0 spiro atoms. The highest BCUT2D eigenvalue weighted by Gasteiger charge is 2.32. The monoisotopic (exact) mass is 251 g/mol. The fourth-order valence-corrected chi connectivity index (χ4v) is 2.28. The SMILES string of the molecule is COC(=O)C(C)(C)Sc1nc2ccccc2o1. The van der Waals surface area contributed by atoms with Crippen molar-refractivity contribution in [2.75, 3.05) is 7.11 Å². The van der Waals surface area contributed by atoms with Crippen molar-refractivity contribution < 1.29 is 13.9 Å². The molecule has 0 atom stereocenters. The Hall–Kier alpha value is -1.49. The molecule has 0 bridgehead atoms. The molecule has 0 saturated carbocycles. The number of nitrogens with zero attached hydrogens (tertiary/aromatic N) is 1. The van der Waals surface area contributed by atoms with E-state index in [0.717, 1.165) is 11.1 Å². The molecule has 2 aromatic rings. The molecule has 4 nitrogen and oxygen atoms in total. The minimum Gasteiger partial charge on any atom is -0.468 e. The van der Waals surface area contributed by atoms with Gasteiger partial charge in [0.15, 0.2) is 5.58 Å². The molecule has 0 aliphatic heterocycles. The minimum absolute atomic E-state index is 0.301. The number of hydrogen-bond acceptors (Lipinski definition) is 5. The first kappa shape index (κ1) is 12.0. The molecule has 1 aromatic carbocycles. The molecule has 17 heavy (non-hydrogen) atoms. The molecule has 0 N–H and O–H groups in total. The molecule has 0 radical (unpaired) electrons. The van der Waals surface area contributed by atoms with Gasteiger partial charge < -0.3 is 9.15 Å². The number of hydrogen-bond donors (Lipinski definition) is 0. The van der Waals surface area contributed by atoms with Gasteiger partial charge in [-0.1, -0.05) is 12.1 Å². The van der Waals surface area contributed by atoms with E-state index >= 15 is 0 Å². The van der Waals surface area contributed by atoms with Crippen LogP contribution in [-0.4, -0.2) is 22.8 Å². The first-order valence-electron chi connectivity index (χ1n) is 5.16. The molecule has 0 unspecified atom stereocenters. The third kappa shape index (κ3) is 2.44. The first-order valence-corrected chi connectivity index (χ1v) is 5.97. The zero-order valence-electron chi connectivity index (χ0n) is 9.89. The van der Waals surface area contributed by atoms with Crippen molar-refractivity contribution in [1.82, 2.24) is 4.98 Å². The van der Waals surface area contributed by atoms with Crippen LogP contribution in [0.5, 0.6) is 0 Å². The number of para-hydroxylation sites is 2. The second-order valence-corrected chi connectivity index (χ2v) is 5.63. The number of oxazole rings is 1. The molecule has 0 amide bonds. The number of thioether (sulfide) groups is 1. The van der Waals surface area contributed by atoms with Crippen LogP contribution in [0.4, 0.5) is 0 Å². The molecule has 0 saturated heterocycles. The van der Waals surface area contributed by atoms with Crippen LogP contribution in [0, 0.1) is 0 Å². The Balaban J connectivity index is 2.26. The quantitative estimate of drug-likeness (QED) is 0.620. The van der Waals surface area contributed by atoms with Crippen molar-refractivity contribution in [2.45, 2.75) is 23.8 Å². The summed E-state index contributed by atoms with van der Waals surface area (Å²) in [5.74, 6) is -0.301. The molecule has 1 aromatic heterocycles. The van der Waals surface area contributed by atoms with Crippen LogP contribution < -0.4 is 0 Å². The molecular formula is C12H13NO3S. The lowest BCUT2D eigenvalue weighted by molar-refractivity contribution is -0.142. The van der Waals surface area contributed by atoms with Gasteiger partial charge in [0.1, 0.15) is 10.3 Å². The number of rotatable bonds is 3. The number of aromatic nitrogens is 1. The van der Waals surface area contributed by atoms with Gasteiger partial charge in [-0.25, -0.2) is 4.98 Å². The van der Waals surface area contributed by atoms with Crippen molar-refractivity contribution in [3.63, 3.8) is 0 Å². The van der Waals surface area contributed by atoms with Crippen LogP contribution in [0.15, 0.2) is 33.9 Å². The average molecular weight is 251 g/mol. The van der Waals surface area contributed by atoms with Crippen molar-refractivity contribution in [1.29, 1.82) is 0 Å². The van der Waals surface area contributed by atoms with Crippen LogP contribution in [0.3, 0.4) is 0 Å². The summed E-state index contributed by atoms with van der Waals surface area (Å²) in [5, 5.41) is 0.474. The summed E-state index contributed by atoms with van der Waals surface area (Å²) in [5.41, 5.74) is 1.51. The number of esters is 1. The Labute approximate surface area is 103 Å². The maximum absolute atomic E-state index is 11.5. The Kier molecular flexibility index (Phi) is 3.11. The van der Waals surface area contributed by atoms with E-state index in [2.05, 4.69) is 4.98 Å². The Morgan fingerprint density at radius 2 is 2.12 bits per heavy atom. The molecule has 0 aliphatic rings. The van der Waals surface area contributed by atoms with E-state index in [1.165, 1.54) is 18.9 Å². The minimum atomic E-state index is -0.713. The van der Waals surface area contributed by atoms with E-state index in [1.54, 1.807) is 13.8 Å². The number of benzene rings is 1. The molecule has 1 heterocycles. The Bertz CT molecular complexity index is 514. The summed E-state index contributed by atoms with van der Waals surface area (Å²) in [4.78, 5) is 15.8. The summed E-state index contributed by atoms with van der Waals surface area (Å²) in [6.07, 6.45) is 0. The lowest BCUT2D eigenvalue weighted by Crippen LogP contribution is -2.28.